The van der Waals surface area contributed by atoms with E-state index in [1.807, 2.05) is 25.1 Å². The fourth-order valence-corrected chi connectivity index (χ4v) is 1.09. The lowest BCUT2D eigenvalue weighted by atomic mass is 10.0. The van der Waals surface area contributed by atoms with Crippen molar-refractivity contribution in [2.45, 2.75) is 13.3 Å². The molecule has 0 spiro atoms. The van der Waals surface area contributed by atoms with Crippen molar-refractivity contribution in [1.82, 2.24) is 0 Å². The van der Waals surface area contributed by atoms with Gasteiger partial charge in [-0.2, -0.15) is 0 Å². The molecule has 1 rings (SSSR count). The molecule has 0 aromatic heterocycles. The summed E-state index contributed by atoms with van der Waals surface area (Å²) < 4.78 is 0. The summed E-state index contributed by atoms with van der Waals surface area (Å²) in [6, 6.07) is 10.1. The van der Waals surface area contributed by atoms with E-state index in [2.05, 4.69) is 18.7 Å². The minimum Gasteiger partial charge on any atom is -0.513 e. The average molecular weight is 162 g/mol. The Morgan fingerprint density at radius 1 is 1.42 bits per heavy atom. The second-order valence-corrected chi connectivity index (χ2v) is 3.08. The third kappa shape index (κ3) is 2.42. The second-order valence-electron chi connectivity index (χ2n) is 3.08. The molecule has 0 aliphatic rings. The molecule has 1 atom stereocenters. The van der Waals surface area contributed by atoms with Gasteiger partial charge in [-0.3, -0.25) is 0 Å². The van der Waals surface area contributed by atoms with E-state index < -0.39 is 0 Å². The van der Waals surface area contributed by atoms with Crippen LogP contribution in [0.5, 0.6) is 0 Å². The van der Waals surface area contributed by atoms with Gasteiger partial charge in [-0.15, -0.1) is 0 Å². The molecule has 1 aromatic rings. The molecule has 0 bridgehead atoms. The quantitative estimate of drug-likeness (QED) is 0.677. The lowest BCUT2D eigenvalue weighted by Gasteiger charge is -2.08. The summed E-state index contributed by atoms with van der Waals surface area (Å²) in [7, 11) is 0. The van der Waals surface area contributed by atoms with Gasteiger partial charge in [-0.05, 0) is 12.0 Å². The molecular formula is C11H14O. The summed E-state index contributed by atoms with van der Waals surface area (Å²) in [6.45, 7) is 5.47. The first-order chi connectivity index (χ1) is 5.70. The highest BCUT2D eigenvalue weighted by Crippen LogP contribution is 2.12. The molecule has 0 heterocycles. The van der Waals surface area contributed by atoms with Crippen molar-refractivity contribution < 1.29 is 5.11 Å². The van der Waals surface area contributed by atoms with E-state index in [0.717, 1.165) is 6.42 Å². The Morgan fingerprint density at radius 2 is 2.00 bits per heavy atom. The van der Waals surface area contributed by atoms with Crippen LogP contribution >= 0.6 is 0 Å². The van der Waals surface area contributed by atoms with Crippen LogP contribution in [0.1, 0.15) is 12.5 Å². The van der Waals surface area contributed by atoms with E-state index in [-0.39, 0.29) is 11.7 Å². The van der Waals surface area contributed by atoms with E-state index in [1.165, 1.54) is 5.56 Å². The summed E-state index contributed by atoms with van der Waals surface area (Å²) in [5, 5.41) is 9.09. The molecule has 64 valence electrons. The molecule has 0 fully saturated rings. The highest BCUT2D eigenvalue weighted by atomic mass is 16.3. The molecule has 1 heteroatoms. The van der Waals surface area contributed by atoms with Gasteiger partial charge >= 0.3 is 0 Å². The zero-order valence-corrected chi connectivity index (χ0v) is 7.33. The molecule has 0 aliphatic carbocycles. The fraction of sp³-hybridized carbons (Fsp3) is 0.273. The lowest BCUT2D eigenvalue weighted by Crippen LogP contribution is -2.01. The molecule has 0 aliphatic heterocycles. The van der Waals surface area contributed by atoms with Crippen LogP contribution in [0.3, 0.4) is 0 Å². The van der Waals surface area contributed by atoms with Gasteiger partial charge in [0.15, 0.2) is 0 Å². The predicted molar refractivity (Wildman–Crippen MR) is 51.1 cm³/mol. The summed E-state index contributed by atoms with van der Waals surface area (Å²) >= 11 is 0. The van der Waals surface area contributed by atoms with Crippen molar-refractivity contribution in [2.75, 3.05) is 0 Å². The first kappa shape index (κ1) is 8.85. The van der Waals surface area contributed by atoms with Crippen LogP contribution in [0, 0.1) is 5.92 Å². The monoisotopic (exact) mass is 162 g/mol. The van der Waals surface area contributed by atoms with Crippen LogP contribution < -0.4 is 0 Å². The van der Waals surface area contributed by atoms with Gasteiger partial charge in [0, 0.05) is 5.92 Å². The lowest BCUT2D eigenvalue weighted by molar-refractivity contribution is 0.342. The normalized spacial score (nSPS) is 12.4. The smallest absolute Gasteiger partial charge is 0.0882 e. The van der Waals surface area contributed by atoms with Crippen molar-refractivity contribution in [1.29, 1.82) is 0 Å². The fourth-order valence-electron chi connectivity index (χ4n) is 1.09. The van der Waals surface area contributed by atoms with Crippen LogP contribution in [-0.2, 0) is 6.42 Å². The van der Waals surface area contributed by atoms with E-state index in [1.54, 1.807) is 0 Å². The van der Waals surface area contributed by atoms with Gasteiger partial charge in [-0.25, -0.2) is 0 Å². The number of hydrogen-bond acceptors (Lipinski definition) is 1. The summed E-state index contributed by atoms with van der Waals surface area (Å²) in [4.78, 5) is 0. The van der Waals surface area contributed by atoms with Crippen molar-refractivity contribution in [3.63, 3.8) is 0 Å². The van der Waals surface area contributed by atoms with E-state index in [0.29, 0.717) is 0 Å². The van der Waals surface area contributed by atoms with Gasteiger partial charge in [0.2, 0.25) is 0 Å². The molecule has 0 amide bonds. The number of hydrogen-bond donors (Lipinski definition) is 1. The highest BCUT2D eigenvalue weighted by Gasteiger charge is 2.04. The van der Waals surface area contributed by atoms with Gasteiger partial charge in [0.05, 0.1) is 5.76 Å². The van der Waals surface area contributed by atoms with Crippen molar-refractivity contribution in [3.05, 3.63) is 48.2 Å². The summed E-state index contributed by atoms with van der Waals surface area (Å²) in [6.07, 6.45) is 0.857. The molecule has 1 aromatic carbocycles. The molecule has 0 saturated heterocycles. The zero-order valence-electron chi connectivity index (χ0n) is 7.33. The molecule has 1 nitrogen and oxygen atoms in total. The average Bonchev–Trinajstić information content (AvgIpc) is 2.06. The van der Waals surface area contributed by atoms with Crippen molar-refractivity contribution in [2.24, 2.45) is 5.92 Å². The largest absolute Gasteiger partial charge is 0.513 e. The van der Waals surface area contributed by atoms with E-state index >= 15 is 0 Å². The Kier molecular flexibility index (Phi) is 2.92. The Labute approximate surface area is 73.4 Å². The maximum Gasteiger partial charge on any atom is 0.0882 e. The van der Waals surface area contributed by atoms with Crippen molar-refractivity contribution >= 4 is 0 Å². The first-order valence-corrected chi connectivity index (χ1v) is 4.12. The number of rotatable bonds is 3. The molecular weight excluding hydrogens is 148 g/mol. The Hall–Kier alpha value is -1.24. The summed E-state index contributed by atoms with van der Waals surface area (Å²) in [5.41, 5.74) is 1.24. The molecule has 1 N–H and O–H groups in total. The van der Waals surface area contributed by atoms with Gasteiger partial charge in [0.1, 0.15) is 0 Å². The van der Waals surface area contributed by atoms with Crippen LogP contribution in [0.15, 0.2) is 42.7 Å². The van der Waals surface area contributed by atoms with E-state index in [9.17, 15) is 0 Å². The van der Waals surface area contributed by atoms with E-state index in [4.69, 9.17) is 5.11 Å². The Bertz CT molecular complexity index is 251. The zero-order chi connectivity index (χ0) is 8.97. The molecule has 0 radical (unpaired) electrons. The topological polar surface area (TPSA) is 20.2 Å². The Balaban J connectivity index is 2.58. The Morgan fingerprint density at radius 3 is 2.50 bits per heavy atom. The number of allylic oxidation sites excluding steroid dienone is 1. The maximum absolute atomic E-state index is 9.09. The molecule has 0 unspecified atom stereocenters. The minimum absolute atomic E-state index is 0.146. The van der Waals surface area contributed by atoms with Gasteiger partial charge in [0.25, 0.3) is 0 Å². The minimum atomic E-state index is 0.146. The maximum atomic E-state index is 9.09. The molecule has 0 saturated carbocycles. The van der Waals surface area contributed by atoms with Gasteiger partial charge in [-0.1, -0.05) is 43.8 Å². The summed E-state index contributed by atoms with van der Waals surface area (Å²) in [5.74, 6) is 0.409. The van der Waals surface area contributed by atoms with Crippen LogP contribution in [0.4, 0.5) is 0 Å². The number of benzene rings is 1. The number of aliphatic hydroxyl groups is 1. The molecule has 12 heavy (non-hydrogen) atoms. The third-order valence-corrected chi connectivity index (χ3v) is 1.95. The third-order valence-electron chi connectivity index (χ3n) is 1.95. The highest BCUT2D eigenvalue weighted by molar-refractivity contribution is 5.16. The van der Waals surface area contributed by atoms with Crippen LogP contribution in [0.25, 0.3) is 0 Å². The van der Waals surface area contributed by atoms with Crippen molar-refractivity contribution in [3.8, 4) is 0 Å². The van der Waals surface area contributed by atoms with Crippen LogP contribution in [-0.4, -0.2) is 5.11 Å². The predicted octanol–water partition coefficient (Wildman–Crippen LogP) is 2.94. The number of aliphatic hydroxyl groups excluding tert-OH is 1. The standard InChI is InChI=1S/C11H14O/c1-9(10(2)12)8-11-6-4-3-5-7-11/h3-7,9,12H,2,8H2,1H3/t9-/m0/s1. The second kappa shape index (κ2) is 3.96. The van der Waals surface area contributed by atoms with Gasteiger partial charge < -0.3 is 5.11 Å². The first-order valence-electron chi connectivity index (χ1n) is 4.12. The SMILES string of the molecule is C=C(O)[C@@H](C)Cc1ccccc1. The van der Waals surface area contributed by atoms with Crippen LogP contribution in [0.2, 0.25) is 0 Å².